The van der Waals surface area contributed by atoms with Gasteiger partial charge in [-0.3, -0.25) is 14.5 Å². The van der Waals surface area contributed by atoms with Crippen molar-refractivity contribution in [2.45, 2.75) is 0 Å². The first-order chi connectivity index (χ1) is 8.18. The molecule has 0 saturated carbocycles. The number of ketones is 2. The Balaban J connectivity index is 2.13. The van der Waals surface area contributed by atoms with E-state index in [2.05, 4.69) is 0 Å². The van der Waals surface area contributed by atoms with Crippen molar-refractivity contribution in [3.05, 3.63) is 41.0 Å². The molecule has 1 aliphatic heterocycles. The lowest BCUT2D eigenvalue weighted by atomic mass is 9.88. The third-order valence-corrected chi connectivity index (χ3v) is 3.11. The molecule has 0 unspecified atom stereocenters. The molecule has 0 atom stereocenters. The van der Waals surface area contributed by atoms with E-state index in [1.165, 1.54) is 0 Å². The van der Waals surface area contributed by atoms with Crippen molar-refractivity contribution in [1.82, 2.24) is 4.90 Å². The summed E-state index contributed by atoms with van der Waals surface area (Å²) < 4.78 is 0. The Kier molecular flexibility index (Phi) is 2.12. The molecule has 2 aliphatic rings. The van der Waals surface area contributed by atoms with Gasteiger partial charge in [-0.15, -0.1) is 0 Å². The summed E-state index contributed by atoms with van der Waals surface area (Å²) in [6, 6.07) is 6.66. The number of hydrogen-bond acceptors (Lipinski definition) is 4. The van der Waals surface area contributed by atoms with Gasteiger partial charge in [0.25, 0.3) is 0 Å². The molecule has 0 bridgehead atoms. The number of nitrogens with zero attached hydrogens (tertiary/aromatic N) is 1. The second-order valence-electron chi connectivity index (χ2n) is 4.31. The normalized spacial score (nSPS) is 19.5. The second-order valence-corrected chi connectivity index (χ2v) is 4.31. The fourth-order valence-electron chi connectivity index (χ4n) is 2.02. The maximum absolute atomic E-state index is 11.9. The van der Waals surface area contributed by atoms with Gasteiger partial charge in [0.05, 0.1) is 5.57 Å². The number of rotatable bonds is 2. The molecule has 1 aliphatic carbocycles. The molecule has 1 saturated heterocycles. The van der Waals surface area contributed by atoms with Gasteiger partial charge in [0.15, 0.2) is 0 Å². The number of carbonyl (C=O) groups excluding carboxylic acids is 2. The molecule has 0 spiro atoms. The average molecular weight is 229 g/mol. The highest BCUT2D eigenvalue weighted by atomic mass is 16.3. The van der Waals surface area contributed by atoms with Gasteiger partial charge in [-0.25, -0.2) is 0 Å². The van der Waals surface area contributed by atoms with E-state index < -0.39 is 11.6 Å². The van der Waals surface area contributed by atoms with Crippen molar-refractivity contribution < 1.29 is 14.7 Å². The fraction of sp³-hybridized carbons (Fsp3) is 0.231. The molecular formula is C13H11NO3. The van der Waals surface area contributed by atoms with Crippen LogP contribution in [0.5, 0.6) is 0 Å². The van der Waals surface area contributed by atoms with Gasteiger partial charge in [0, 0.05) is 30.8 Å². The summed E-state index contributed by atoms with van der Waals surface area (Å²) in [5, 5.41) is 10.1. The quantitative estimate of drug-likeness (QED) is 0.608. The van der Waals surface area contributed by atoms with Gasteiger partial charge in [0.2, 0.25) is 11.6 Å². The Labute approximate surface area is 98.2 Å². The maximum Gasteiger partial charge on any atom is 0.234 e. The molecule has 0 amide bonds. The lowest BCUT2D eigenvalue weighted by molar-refractivity contribution is -0.112. The van der Waals surface area contributed by atoms with Gasteiger partial charge >= 0.3 is 0 Å². The zero-order valence-corrected chi connectivity index (χ0v) is 9.14. The first kappa shape index (κ1) is 10.2. The Morgan fingerprint density at radius 1 is 1.06 bits per heavy atom. The molecule has 0 aromatic heterocycles. The topological polar surface area (TPSA) is 57.4 Å². The highest BCUT2D eigenvalue weighted by Crippen LogP contribution is 2.28. The number of aliphatic hydroxyl groups is 1. The standard InChI is InChI=1S/C13H11NO3/c15-11-8-3-1-2-4-9(8)12(16)13(17)10(11)7-14-5-6-14/h1-4,15H,5-7H2. The van der Waals surface area contributed by atoms with Gasteiger partial charge in [-0.1, -0.05) is 24.3 Å². The summed E-state index contributed by atoms with van der Waals surface area (Å²) in [6.45, 7) is 2.20. The monoisotopic (exact) mass is 229 g/mol. The van der Waals surface area contributed by atoms with E-state index in [9.17, 15) is 14.7 Å². The smallest absolute Gasteiger partial charge is 0.234 e. The van der Waals surface area contributed by atoms with E-state index in [1.54, 1.807) is 24.3 Å². The molecule has 86 valence electrons. The van der Waals surface area contributed by atoms with E-state index in [1.807, 2.05) is 4.90 Å². The first-order valence-corrected chi connectivity index (χ1v) is 5.51. The second kappa shape index (κ2) is 3.53. The van der Waals surface area contributed by atoms with Crippen LogP contribution in [0.2, 0.25) is 0 Å². The first-order valence-electron chi connectivity index (χ1n) is 5.51. The molecule has 4 nitrogen and oxygen atoms in total. The van der Waals surface area contributed by atoms with Crippen LogP contribution in [-0.2, 0) is 4.79 Å². The molecule has 1 heterocycles. The highest BCUT2D eigenvalue weighted by Gasteiger charge is 2.34. The summed E-state index contributed by atoms with van der Waals surface area (Å²) >= 11 is 0. The summed E-state index contributed by atoms with van der Waals surface area (Å²) in [4.78, 5) is 25.7. The number of Topliss-reactive ketones (excluding diaryl/α,β-unsaturated/α-hetero) is 2. The number of carbonyl (C=O) groups is 2. The molecule has 1 aromatic rings. The molecule has 1 fully saturated rings. The minimum atomic E-state index is -0.576. The van der Waals surface area contributed by atoms with Crippen molar-refractivity contribution in [2.24, 2.45) is 0 Å². The summed E-state index contributed by atoms with van der Waals surface area (Å²) in [7, 11) is 0. The van der Waals surface area contributed by atoms with Crippen LogP contribution in [0.4, 0.5) is 0 Å². The zero-order valence-electron chi connectivity index (χ0n) is 9.14. The molecule has 17 heavy (non-hydrogen) atoms. The van der Waals surface area contributed by atoms with E-state index in [-0.39, 0.29) is 11.3 Å². The van der Waals surface area contributed by atoms with Crippen LogP contribution in [0.25, 0.3) is 5.76 Å². The fourth-order valence-corrected chi connectivity index (χ4v) is 2.02. The summed E-state index contributed by atoms with van der Waals surface area (Å²) in [5.74, 6) is -1.14. The van der Waals surface area contributed by atoms with Crippen LogP contribution in [0.3, 0.4) is 0 Å². The number of aliphatic hydroxyl groups excluding tert-OH is 1. The van der Waals surface area contributed by atoms with Gasteiger partial charge in [0.1, 0.15) is 5.76 Å². The van der Waals surface area contributed by atoms with Crippen LogP contribution >= 0.6 is 0 Å². The Morgan fingerprint density at radius 2 is 1.71 bits per heavy atom. The van der Waals surface area contributed by atoms with E-state index in [0.29, 0.717) is 17.7 Å². The van der Waals surface area contributed by atoms with Crippen LogP contribution < -0.4 is 0 Å². The largest absolute Gasteiger partial charge is 0.507 e. The predicted octanol–water partition coefficient (Wildman–Crippen LogP) is 1.04. The SMILES string of the molecule is O=C1C(=O)c2ccccc2C(O)=C1CN1CC1. The third-order valence-electron chi connectivity index (χ3n) is 3.11. The van der Waals surface area contributed by atoms with Crippen LogP contribution in [0.15, 0.2) is 29.8 Å². The van der Waals surface area contributed by atoms with Crippen LogP contribution in [0.1, 0.15) is 15.9 Å². The number of benzene rings is 1. The minimum absolute atomic E-state index is 0.0444. The van der Waals surface area contributed by atoms with Crippen molar-refractivity contribution in [2.75, 3.05) is 19.6 Å². The van der Waals surface area contributed by atoms with Crippen molar-refractivity contribution >= 4 is 17.3 Å². The Morgan fingerprint density at radius 3 is 2.35 bits per heavy atom. The highest BCUT2D eigenvalue weighted by molar-refractivity contribution is 6.52. The molecule has 0 radical (unpaired) electrons. The van der Waals surface area contributed by atoms with E-state index >= 15 is 0 Å². The van der Waals surface area contributed by atoms with Gasteiger partial charge in [-0.05, 0) is 0 Å². The molecule has 4 heteroatoms. The Hall–Kier alpha value is -1.94. The Bertz CT molecular complexity index is 556. The number of fused-ring (bicyclic) bond motifs is 1. The van der Waals surface area contributed by atoms with Crippen molar-refractivity contribution in [3.63, 3.8) is 0 Å². The molecular weight excluding hydrogens is 218 g/mol. The number of hydrogen-bond donors (Lipinski definition) is 1. The van der Waals surface area contributed by atoms with Gasteiger partial charge in [-0.2, -0.15) is 0 Å². The summed E-state index contributed by atoms with van der Waals surface area (Å²) in [5.41, 5.74) is 0.990. The van der Waals surface area contributed by atoms with Crippen LogP contribution in [0, 0.1) is 0 Å². The van der Waals surface area contributed by atoms with Crippen LogP contribution in [-0.4, -0.2) is 41.2 Å². The molecule has 3 rings (SSSR count). The minimum Gasteiger partial charge on any atom is -0.507 e. The van der Waals surface area contributed by atoms with E-state index in [4.69, 9.17) is 0 Å². The third kappa shape index (κ3) is 1.57. The van der Waals surface area contributed by atoms with Crippen molar-refractivity contribution in [3.8, 4) is 0 Å². The van der Waals surface area contributed by atoms with E-state index in [0.717, 1.165) is 13.1 Å². The lowest BCUT2D eigenvalue weighted by Crippen LogP contribution is -2.27. The van der Waals surface area contributed by atoms with Crippen molar-refractivity contribution in [1.29, 1.82) is 0 Å². The summed E-state index contributed by atoms with van der Waals surface area (Å²) in [6.07, 6.45) is 0. The van der Waals surface area contributed by atoms with Gasteiger partial charge < -0.3 is 5.11 Å². The lowest BCUT2D eigenvalue weighted by Gasteiger charge is -2.17. The maximum atomic E-state index is 11.9. The molecule has 1 N–H and O–H groups in total. The predicted molar refractivity (Wildman–Crippen MR) is 61.8 cm³/mol. The zero-order chi connectivity index (χ0) is 12.0. The molecule has 1 aromatic carbocycles. The average Bonchev–Trinajstić information content (AvgIpc) is 3.16.